The first kappa shape index (κ1) is 15.1. The van der Waals surface area contributed by atoms with Gasteiger partial charge in [0.25, 0.3) is 5.69 Å². The van der Waals surface area contributed by atoms with Gasteiger partial charge in [0.05, 0.1) is 11.5 Å². The van der Waals surface area contributed by atoms with E-state index in [-0.39, 0.29) is 18.1 Å². The molecule has 0 aliphatic heterocycles. The molecule has 1 aromatic rings. The number of likely N-dealkylation sites (N-methyl/N-ethyl adjacent to an activating group) is 2. The molecule has 19 heavy (non-hydrogen) atoms. The zero-order chi connectivity index (χ0) is 14.3. The van der Waals surface area contributed by atoms with Crippen molar-refractivity contribution in [3.63, 3.8) is 0 Å². The molecule has 1 amide bonds. The summed E-state index contributed by atoms with van der Waals surface area (Å²) >= 11 is 0. The Labute approximate surface area is 112 Å². The fourth-order valence-electron chi connectivity index (χ4n) is 1.80. The van der Waals surface area contributed by atoms with Gasteiger partial charge < -0.3 is 5.32 Å². The number of amides is 1. The molecule has 6 nitrogen and oxygen atoms in total. The first-order valence-electron chi connectivity index (χ1n) is 6.29. The molecule has 0 fully saturated rings. The highest BCUT2D eigenvalue weighted by atomic mass is 16.6. The van der Waals surface area contributed by atoms with Gasteiger partial charge in [-0.15, -0.1) is 0 Å². The van der Waals surface area contributed by atoms with Gasteiger partial charge in [-0.05, 0) is 13.5 Å². The molecule has 0 spiro atoms. The Morgan fingerprint density at radius 3 is 2.63 bits per heavy atom. The number of nitrogens with zero attached hydrogens (tertiary/aromatic N) is 2. The summed E-state index contributed by atoms with van der Waals surface area (Å²) in [5, 5.41) is 13.6. The molecular weight excluding hydrogens is 246 g/mol. The van der Waals surface area contributed by atoms with Crippen molar-refractivity contribution in [1.29, 1.82) is 0 Å². The Balaban J connectivity index is 2.75. The summed E-state index contributed by atoms with van der Waals surface area (Å²) in [5.41, 5.74) is 0.718. The van der Waals surface area contributed by atoms with Crippen molar-refractivity contribution >= 4 is 11.6 Å². The van der Waals surface area contributed by atoms with Crippen LogP contribution in [0.4, 0.5) is 5.69 Å². The molecule has 0 unspecified atom stereocenters. The van der Waals surface area contributed by atoms with Crippen molar-refractivity contribution in [2.45, 2.75) is 20.4 Å². The van der Waals surface area contributed by atoms with Crippen LogP contribution in [-0.4, -0.2) is 35.4 Å². The van der Waals surface area contributed by atoms with Crippen LogP contribution in [0.2, 0.25) is 0 Å². The summed E-state index contributed by atoms with van der Waals surface area (Å²) < 4.78 is 0. The molecule has 0 aliphatic rings. The van der Waals surface area contributed by atoms with E-state index in [0.29, 0.717) is 25.2 Å². The van der Waals surface area contributed by atoms with Crippen molar-refractivity contribution < 1.29 is 9.72 Å². The van der Waals surface area contributed by atoms with E-state index in [1.165, 1.54) is 6.07 Å². The van der Waals surface area contributed by atoms with E-state index in [1.807, 2.05) is 18.7 Å². The number of nitro benzene ring substituents is 1. The number of carbonyl (C=O) groups excluding carboxylic acids is 1. The number of rotatable bonds is 7. The van der Waals surface area contributed by atoms with E-state index >= 15 is 0 Å². The van der Waals surface area contributed by atoms with Gasteiger partial charge in [-0.2, -0.15) is 0 Å². The molecule has 0 radical (unpaired) electrons. The Morgan fingerprint density at radius 1 is 1.37 bits per heavy atom. The summed E-state index contributed by atoms with van der Waals surface area (Å²) in [6.45, 7) is 5.66. The lowest BCUT2D eigenvalue weighted by Gasteiger charge is -2.19. The van der Waals surface area contributed by atoms with Crippen LogP contribution in [0.3, 0.4) is 0 Å². The molecule has 1 N–H and O–H groups in total. The number of hydrogen-bond acceptors (Lipinski definition) is 4. The van der Waals surface area contributed by atoms with Gasteiger partial charge in [0, 0.05) is 24.7 Å². The van der Waals surface area contributed by atoms with Crippen LogP contribution in [0.15, 0.2) is 24.3 Å². The van der Waals surface area contributed by atoms with Crippen LogP contribution in [0.5, 0.6) is 0 Å². The fraction of sp³-hybridized carbons (Fsp3) is 0.462. The monoisotopic (exact) mass is 265 g/mol. The lowest BCUT2D eigenvalue weighted by molar-refractivity contribution is -0.385. The molecule has 6 heteroatoms. The summed E-state index contributed by atoms with van der Waals surface area (Å²) in [7, 11) is 0. The third-order valence-corrected chi connectivity index (χ3v) is 2.77. The lowest BCUT2D eigenvalue weighted by Crippen LogP contribution is -2.36. The molecule has 1 rings (SSSR count). The Kier molecular flexibility index (Phi) is 5.95. The van der Waals surface area contributed by atoms with E-state index in [0.717, 1.165) is 0 Å². The fourth-order valence-corrected chi connectivity index (χ4v) is 1.80. The normalized spacial score (nSPS) is 10.5. The molecule has 1 aromatic carbocycles. The van der Waals surface area contributed by atoms with E-state index in [1.54, 1.807) is 18.2 Å². The van der Waals surface area contributed by atoms with Gasteiger partial charge in [0.15, 0.2) is 0 Å². The third kappa shape index (κ3) is 4.67. The van der Waals surface area contributed by atoms with Crippen LogP contribution in [0, 0.1) is 10.1 Å². The van der Waals surface area contributed by atoms with Gasteiger partial charge >= 0.3 is 0 Å². The standard InChI is InChI=1S/C13H19N3O3/c1-3-14-13(17)10-15(4-2)9-11-7-5-6-8-12(11)16(18)19/h5-8H,3-4,9-10H2,1-2H3,(H,14,17). The van der Waals surface area contributed by atoms with Crippen molar-refractivity contribution in [1.82, 2.24) is 10.2 Å². The van der Waals surface area contributed by atoms with Crippen molar-refractivity contribution in [3.8, 4) is 0 Å². The maximum Gasteiger partial charge on any atom is 0.273 e. The van der Waals surface area contributed by atoms with Crippen LogP contribution in [-0.2, 0) is 11.3 Å². The quantitative estimate of drug-likeness (QED) is 0.599. The van der Waals surface area contributed by atoms with E-state index in [4.69, 9.17) is 0 Å². The van der Waals surface area contributed by atoms with Crippen LogP contribution in [0.25, 0.3) is 0 Å². The third-order valence-electron chi connectivity index (χ3n) is 2.77. The SMILES string of the molecule is CCNC(=O)CN(CC)Cc1ccccc1[N+](=O)[O-]. The number of nitro groups is 1. The largest absolute Gasteiger partial charge is 0.355 e. The summed E-state index contributed by atoms with van der Waals surface area (Å²) in [4.78, 5) is 23.9. The van der Waals surface area contributed by atoms with Gasteiger partial charge in [-0.1, -0.05) is 25.1 Å². The molecule has 104 valence electrons. The average molecular weight is 265 g/mol. The predicted octanol–water partition coefficient (Wildman–Crippen LogP) is 1.55. The summed E-state index contributed by atoms with van der Waals surface area (Å²) in [5.74, 6) is -0.0667. The molecule has 0 saturated heterocycles. The van der Waals surface area contributed by atoms with Crippen LogP contribution in [0.1, 0.15) is 19.4 Å². The molecule has 0 aromatic heterocycles. The number of benzene rings is 1. The Morgan fingerprint density at radius 2 is 2.05 bits per heavy atom. The molecule has 0 heterocycles. The Bertz CT molecular complexity index is 449. The van der Waals surface area contributed by atoms with Crippen LogP contribution >= 0.6 is 0 Å². The van der Waals surface area contributed by atoms with Crippen LogP contribution < -0.4 is 5.32 Å². The van der Waals surface area contributed by atoms with Crippen molar-refractivity contribution in [2.24, 2.45) is 0 Å². The number of nitrogens with one attached hydrogen (secondary N) is 1. The van der Waals surface area contributed by atoms with Gasteiger partial charge in [0.2, 0.25) is 5.91 Å². The molecular formula is C13H19N3O3. The number of hydrogen-bond donors (Lipinski definition) is 1. The van der Waals surface area contributed by atoms with E-state index in [9.17, 15) is 14.9 Å². The highest BCUT2D eigenvalue weighted by Gasteiger charge is 2.16. The van der Waals surface area contributed by atoms with E-state index in [2.05, 4.69) is 5.32 Å². The lowest BCUT2D eigenvalue weighted by atomic mass is 10.1. The zero-order valence-electron chi connectivity index (χ0n) is 11.3. The average Bonchev–Trinajstić information content (AvgIpc) is 2.38. The van der Waals surface area contributed by atoms with Gasteiger partial charge in [0.1, 0.15) is 0 Å². The minimum absolute atomic E-state index is 0.0667. The molecule has 0 aliphatic carbocycles. The first-order valence-corrected chi connectivity index (χ1v) is 6.29. The first-order chi connectivity index (χ1) is 9.08. The smallest absolute Gasteiger partial charge is 0.273 e. The predicted molar refractivity (Wildman–Crippen MR) is 72.7 cm³/mol. The van der Waals surface area contributed by atoms with Crippen molar-refractivity contribution in [2.75, 3.05) is 19.6 Å². The summed E-state index contributed by atoms with van der Waals surface area (Å²) in [6.07, 6.45) is 0. The minimum Gasteiger partial charge on any atom is -0.355 e. The number of carbonyl (C=O) groups is 1. The second kappa shape index (κ2) is 7.48. The Hall–Kier alpha value is -1.95. The second-order valence-corrected chi connectivity index (χ2v) is 4.14. The van der Waals surface area contributed by atoms with E-state index < -0.39 is 4.92 Å². The van der Waals surface area contributed by atoms with Crippen molar-refractivity contribution in [3.05, 3.63) is 39.9 Å². The highest BCUT2D eigenvalue weighted by molar-refractivity contribution is 5.77. The topological polar surface area (TPSA) is 75.5 Å². The van der Waals surface area contributed by atoms with Gasteiger partial charge in [-0.3, -0.25) is 19.8 Å². The summed E-state index contributed by atoms with van der Waals surface area (Å²) in [6, 6.07) is 6.61. The highest BCUT2D eigenvalue weighted by Crippen LogP contribution is 2.19. The maximum absolute atomic E-state index is 11.5. The second-order valence-electron chi connectivity index (χ2n) is 4.14. The molecule has 0 bridgehead atoms. The molecule has 0 atom stereocenters. The minimum atomic E-state index is -0.394. The zero-order valence-corrected chi connectivity index (χ0v) is 11.3. The number of para-hydroxylation sites is 1. The van der Waals surface area contributed by atoms with Gasteiger partial charge in [-0.25, -0.2) is 0 Å². The maximum atomic E-state index is 11.5. The molecule has 0 saturated carbocycles.